The van der Waals surface area contributed by atoms with E-state index in [4.69, 9.17) is 0 Å². The van der Waals surface area contributed by atoms with Gasteiger partial charge in [0.05, 0.1) is 0 Å². The summed E-state index contributed by atoms with van der Waals surface area (Å²) in [5.74, 6) is 0.442. The number of benzene rings is 2. The van der Waals surface area contributed by atoms with E-state index in [1.807, 2.05) is 25.1 Å². The van der Waals surface area contributed by atoms with Crippen LogP contribution >= 0.6 is 11.8 Å². The second kappa shape index (κ2) is 7.99. The second-order valence-electron chi connectivity index (χ2n) is 5.06. The van der Waals surface area contributed by atoms with Gasteiger partial charge in [-0.15, -0.1) is 11.8 Å². The van der Waals surface area contributed by atoms with Crippen LogP contribution in [0, 0.1) is 12.7 Å². The van der Waals surface area contributed by atoms with Crippen LogP contribution in [0.2, 0.25) is 0 Å². The van der Waals surface area contributed by atoms with Crippen LogP contribution in [0.15, 0.2) is 47.4 Å². The Bertz CT molecular complexity index is 640. The summed E-state index contributed by atoms with van der Waals surface area (Å²) in [6.07, 6.45) is 1.32. The largest absolute Gasteiger partial charge is 0.326 e. The number of nitrogens with one attached hydrogen (secondary N) is 1. The number of anilines is 1. The summed E-state index contributed by atoms with van der Waals surface area (Å²) in [5, 5.41) is 3.01. The molecule has 0 saturated heterocycles. The summed E-state index contributed by atoms with van der Waals surface area (Å²) in [7, 11) is 0. The van der Waals surface area contributed by atoms with Crippen LogP contribution in [0.4, 0.5) is 10.1 Å². The molecular formula is C18H20FNOS. The molecule has 0 radical (unpaired) electrons. The van der Waals surface area contributed by atoms with E-state index in [-0.39, 0.29) is 11.7 Å². The molecule has 0 fully saturated rings. The molecular weight excluding hydrogens is 297 g/mol. The van der Waals surface area contributed by atoms with Crippen LogP contribution in [0.1, 0.15) is 24.5 Å². The standard InChI is InChI=1S/C18H20FNOS/c1-3-14-6-4-5-13(2)18(14)20-17(21)11-12-22-16-9-7-15(19)8-10-16/h4-10H,3,11-12H2,1-2H3,(H,20,21). The topological polar surface area (TPSA) is 29.1 Å². The molecule has 0 unspecified atom stereocenters. The minimum Gasteiger partial charge on any atom is -0.326 e. The lowest BCUT2D eigenvalue weighted by Crippen LogP contribution is -2.14. The highest BCUT2D eigenvalue weighted by Gasteiger charge is 2.08. The molecule has 0 saturated carbocycles. The average molecular weight is 317 g/mol. The van der Waals surface area contributed by atoms with E-state index in [1.54, 1.807) is 23.9 Å². The van der Waals surface area contributed by atoms with Crippen LogP contribution < -0.4 is 5.32 Å². The fourth-order valence-electron chi connectivity index (χ4n) is 2.20. The van der Waals surface area contributed by atoms with Crippen LogP contribution in [-0.4, -0.2) is 11.7 Å². The molecule has 116 valence electrons. The predicted octanol–water partition coefficient (Wildman–Crippen LogP) is 4.82. The Morgan fingerprint density at radius 2 is 1.91 bits per heavy atom. The summed E-state index contributed by atoms with van der Waals surface area (Å²) in [6.45, 7) is 4.08. The Morgan fingerprint density at radius 1 is 1.18 bits per heavy atom. The maximum Gasteiger partial charge on any atom is 0.225 e. The van der Waals surface area contributed by atoms with Crippen molar-refractivity contribution in [1.29, 1.82) is 0 Å². The molecule has 22 heavy (non-hydrogen) atoms. The molecule has 0 aliphatic heterocycles. The second-order valence-corrected chi connectivity index (χ2v) is 6.23. The van der Waals surface area contributed by atoms with Crippen LogP contribution in [0.3, 0.4) is 0 Å². The number of hydrogen-bond acceptors (Lipinski definition) is 2. The van der Waals surface area contributed by atoms with Gasteiger partial charge in [0.1, 0.15) is 5.82 Å². The number of rotatable bonds is 6. The first-order valence-electron chi connectivity index (χ1n) is 7.37. The zero-order chi connectivity index (χ0) is 15.9. The molecule has 0 aliphatic rings. The van der Waals surface area contributed by atoms with Gasteiger partial charge in [0.25, 0.3) is 0 Å². The minimum atomic E-state index is -0.242. The van der Waals surface area contributed by atoms with E-state index < -0.39 is 0 Å². The first kappa shape index (κ1) is 16.6. The van der Waals surface area contributed by atoms with Gasteiger partial charge >= 0.3 is 0 Å². The molecule has 2 aromatic carbocycles. The van der Waals surface area contributed by atoms with E-state index in [0.29, 0.717) is 12.2 Å². The zero-order valence-corrected chi connectivity index (χ0v) is 13.7. The number of amides is 1. The Kier molecular flexibility index (Phi) is 6.01. The predicted molar refractivity (Wildman–Crippen MR) is 90.9 cm³/mol. The summed E-state index contributed by atoms with van der Waals surface area (Å²) < 4.78 is 12.8. The third kappa shape index (κ3) is 4.60. The summed E-state index contributed by atoms with van der Waals surface area (Å²) in [5.41, 5.74) is 3.17. The number of thioether (sulfide) groups is 1. The van der Waals surface area contributed by atoms with Crippen molar-refractivity contribution >= 4 is 23.4 Å². The van der Waals surface area contributed by atoms with E-state index in [2.05, 4.69) is 12.2 Å². The zero-order valence-electron chi connectivity index (χ0n) is 12.9. The molecule has 1 amide bonds. The van der Waals surface area contributed by atoms with Gasteiger partial charge in [0.15, 0.2) is 0 Å². The minimum absolute atomic E-state index is 0.0126. The molecule has 0 aliphatic carbocycles. The molecule has 2 aromatic rings. The van der Waals surface area contributed by atoms with Crippen molar-refractivity contribution in [3.8, 4) is 0 Å². The highest BCUT2D eigenvalue weighted by atomic mass is 32.2. The number of hydrogen-bond donors (Lipinski definition) is 1. The van der Waals surface area contributed by atoms with Gasteiger partial charge in [0.2, 0.25) is 5.91 Å². The van der Waals surface area contributed by atoms with Gasteiger partial charge in [-0.3, -0.25) is 4.79 Å². The molecule has 0 atom stereocenters. The quantitative estimate of drug-likeness (QED) is 0.774. The lowest BCUT2D eigenvalue weighted by atomic mass is 10.1. The van der Waals surface area contributed by atoms with Crippen molar-refractivity contribution in [1.82, 2.24) is 0 Å². The number of aryl methyl sites for hydroxylation is 2. The summed E-state index contributed by atoms with van der Waals surface area (Å²) in [4.78, 5) is 13.1. The molecule has 1 N–H and O–H groups in total. The maximum atomic E-state index is 12.8. The van der Waals surface area contributed by atoms with Crippen molar-refractivity contribution in [2.45, 2.75) is 31.6 Å². The first-order chi connectivity index (χ1) is 10.6. The molecule has 2 rings (SSSR count). The first-order valence-corrected chi connectivity index (χ1v) is 8.35. The van der Waals surface area contributed by atoms with E-state index in [1.165, 1.54) is 12.1 Å². The molecule has 2 nitrogen and oxygen atoms in total. The highest BCUT2D eigenvalue weighted by Crippen LogP contribution is 2.22. The van der Waals surface area contributed by atoms with Gasteiger partial charge in [-0.1, -0.05) is 25.1 Å². The smallest absolute Gasteiger partial charge is 0.225 e. The van der Waals surface area contributed by atoms with Crippen molar-refractivity contribution in [3.05, 3.63) is 59.4 Å². The summed E-state index contributed by atoms with van der Waals surface area (Å²) >= 11 is 1.55. The van der Waals surface area contributed by atoms with Gasteiger partial charge < -0.3 is 5.32 Å². The highest BCUT2D eigenvalue weighted by molar-refractivity contribution is 7.99. The number of carbonyl (C=O) groups is 1. The normalized spacial score (nSPS) is 10.5. The van der Waals surface area contributed by atoms with Crippen LogP contribution in [0.5, 0.6) is 0 Å². The van der Waals surface area contributed by atoms with Gasteiger partial charge in [-0.25, -0.2) is 4.39 Å². The van der Waals surface area contributed by atoms with Crippen molar-refractivity contribution in [3.63, 3.8) is 0 Å². The van der Waals surface area contributed by atoms with Gasteiger partial charge in [-0.2, -0.15) is 0 Å². The number of halogens is 1. The SMILES string of the molecule is CCc1cccc(C)c1NC(=O)CCSc1ccc(F)cc1. The molecule has 0 bridgehead atoms. The van der Waals surface area contributed by atoms with Crippen molar-refractivity contribution in [2.75, 3.05) is 11.1 Å². The monoisotopic (exact) mass is 317 g/mol. The molecule has 0 heterocycles. The van der Waals surface area contributed by atoms with Crippen LogP contribution in [0.25, 0.3) is 0 Å². The molecule has 0 spiro atoms. The fourth-order valence-corrected chi connectivity index (χ4v) is 3.05. The third-order valence-electron chi connectivity index (χ3n) is 3.42. The van der Waals surface area contributed by atoms with Crippen molar-refractivity contribution < 1.29 is 9.18 Å². The molecule has 0 aromatic heterocycles. The van der Waals surface area contributed by atoms with E-state index in [0.717, 1.165) is 28.1 Å². The summed E-state index contributed by atoms with van der Waals surface area (Å²) in [6, 6.07) is 12.4. The van der Waals surface area contributed by atoms with Crippen molar-refractivity contribution in [2.24, 2.45) is 0 Å². The maximum absolute atomic E-state index is 12.8. The number of carbonyl (C=O) groups excluding carboxylic acids is 1. The Morgan fingerprint density at radius 3 is 2.59 bits per heavy atom. The Hall–Kier alpha value is -1.81. The average Bonchev–Trinajstić information content (AvgIpc) is 2.51. The number of para-hydroxylation sites is 1. The van der Waals surface area contributed by atoms with E-state index in [9.17, 15) is 9.18 Å². The third-order valence-corrected chi connectivity index (χ3v) is 4.43. The lowest BCUT2D eigenvalue weighted by Gasteiger charge is -2.12. The van der Waals surface area contributed by atoms with E-state index >= 15 is 0 Å². The lowest BCUT2D eigenvalue weighted by molar-refractivity contribution is -0.115. The van der Waals surface area contributed by atoms with Crippen LogP contribution in [-0.2, 0) is 11.2 Å². The Labute approximate surface area is 135 Å². The van der Waals surface area contributed by atoms with Gasteiger partial charge in [-0.05, 0) is 48.7 Å². The Balaban J connectivity index is 1.87. The van der Waals surface area contributed by atoms with Gasteiger partial charge in [0, 0.05) is 22.8 Å². The molecule has 4 heteroatoms. The fraction of sp³-hybridized carbons (Fsp3) is 0.278.